The Balaban J connectivity index is 2.01. The number of hydrogen-bond acceptors (Lipinski definition) is 5. The third kappa shape index (κ3) is 2.78. The number of rotatable bonds is 3. The second kappa shape index (κ2) is 6.32. The van der Waals surface area contributed by atoms with E-state index in [1.54, 1.807) is 15.9 Å². The molecule has 0 bridgehead atoms. The monoisotopic (exact) mass is 367 g/mol. The highest BCUT2D eigenvalue weighted by Crippen LogP contribution is 2.36. The second-order valence-electron chi connectivity index (χ2n) is 6.30. The maximum Gasteiger partial charge on any atom is 0.267 e. The van der Waals surface area contributed by atoms with Gasteiger partial charge in [-0.05, 0) is 50.8 Å². The minimum absolute atomic E-state index is 0.0131. The van der Waals surface area contributed by atoms with Crippen molar-refractivity contribution in [3.63, 3.8) is 0 Å². The zero-order valence-electron chi connectivity index (χ0n) is 14.1. The van der Waals surface area contributed by atoms with Gasteiger partial charge in [0.05, 0.1) is 22.4 Å². The Kier molecular flexibility index (Phi) is 4.14. The molecule has 0 amide bonds. The summed E-state index contributed by atoms with van der Waals surface area (Å²) in [6, 6.07) is 10.1. The van der Waals surface area contributed by atoms with Gasteiger partial charge in [-0.1, -0.05) is 29.5 Å². The summed E-state index contributed by atoms with van der Waals surface area (Å²) >= 11 is 2.97. The Labute approximate surface area is 154 Å². The summed E-state index contributed by atoms with van der Waals surface area (Å²) < 4.78 is 1.67. The number of hydrogen-bond donors (Lipinski definition) is 0. The van der Waals surface area contributed by atoms with Gasteiger partial charge >= 0.3 is 0 Å². The molecule has 1 atom stereocenters. The van der Waals surface area contributed by atoms with Crippen LogP contribution in [-0.4, -0.2) is 14.8 Å². The molecule has 4 rings (SSSR count). The number of aromatic nitrogens is 2. The van der Waals surface area contributed by atoms with Crippen molar-refractivity contribution in [3.05, 3.63) is 50.6 Å². The molecule has 6 heteroatoms. The fourth-order valence-corrected chi connectivity index (χ4v) is 5.33. The highest BCUT2D eigenvalue weighted by Gasteiger charge is 2.24. The van der Waals surface area contributed by atoms with E-state index in [1.807, 2.05) is 38.1 Å². The molecule has 0 radical (unpaired) electrons. The van der Waals surface area contributed by atoms with Gasteiger partial charge in [-0.3, -0.25) is 9.36 Å². The van der Waals surface area contributed by atoms with Gasteiger partial charge in [0.1, 0.15) is 4.83 Å². The molecule has 0 spiro atoms. The molecule has 1 aromatic carbocycles. The van der Waals surface area contributed by atoms with Crippen LogP contribution >= 0.6 is 23.1 Å². The van der Waals surface area contributed by atoms with E-state index < -0.39 is 0 Å². The lowest BCUT2D eigenvalue weighted by molar-refractivity contribution is 0.818. The first-order chi connectivity index (χ1) is 12.1. The first-order valence-corrected chi connectivity index (χ1v) is 9.98. The molecule has 2 aromatic heterocycles. The summed E-state index contributed by atoms with van der Waals surface area (Å²) in [4.78, 5) is 20.2. The Bertz CT molecular complexity index is 1060. The molecule has 1 unspecified atom stereocenters. The average molecular weight is 367 g/mol. The van der Waals surface area contributed by atoms with Crippen LogP contribution in [0.15, 0.2) is 34.2 Å². The first kappa shape index (κ1) is 16.4. The van der Waals surface area contributed by atoms with Crippen LogP contribution in [0.3, 0.4) is 0 Å². The minimum Gasteiger partial charge on any atom is -0.268 e. The van der Waals surface area contributed by atoms with Crippen molar-refractivity contribution >= 4 is 33.3 Å². The van der Waals surface area contributed by atoms with Crippen molar-refractivity contribution in [1.82, 2.24) is 9.55 Å². The van der Waals surface area contributed by atoms with Crippen molar-refractivity contribution < 1.29 is 0 Å². The number of nitrogens with zero attached hydrogens (tertiary/aromatic N) is 3. The molecule has 126 valence electrons. The fourth-order valence-electron chi connectivity index (χ4n) is 3.21. The summed E-state index contributed by atoms with van der Waals surface area (Å²) in [5.41, 5.74) is 3.11. The van der Waals surface area contributed by atoms with E-state index in [-0.39, 0.29) is 10.8 Å². The lowest BCUT2D eigenvalue weighted by Crippen LogP contribution is -2.22. The smallest absolute Gasteiger partial charge is 0.267 e. The summed E-state index contributed by atoms with van der Waals surface area (Å²) in [6.45, 7) is 3.85. The van der Waals surface area contributed by atoms with Crippen molar-refractivity contribution in [2.24, 2.45) is 0 Å². The molecule has 1 aliphatic carbocycles. The third-order valence-corrected chi connectivity index (χ3v) is 6.59. The van der Waals surface area contributed by atoms with Crippen LogP contribution in [0.25, 0.3) is 15.9 Å². The minimum atomic E-state index is -0.271. The van der Waals surface area contributed by atoms with Crippen molar-refractivity contribution in [2.75, 3.05) is 0 Å². The van der Waals surface area contributed by atoms with Gasteiger partial charge in [0.15, 0.2) is 5.16 Å². The Hall–Kier alpha value is -2.10. The third-order valence-electron chi connectivity index (χ3n) is 4.46. The van der Waals surface area contributed by atoms with Crippen LogP contribution in [0.1, 0.15) is 29.3 Å². The molecular formula is C19H17N3OS2. The van der Waals surface area contributed by atoms with Crippen LogP contribution in [0.4, 0.5) is 0 Å². The standard InChI is InChI=1S/C19H17N3OS2/c1-11-6-8-13(9-7-11)22-18(23)16-14-4-3-5-15(14)25-17(16)21-19(22)24-12(2)10-20/h6-9,12H,3-5H2,1-2H3. The highest BCUT2D eigenvalue weighted by molar-refractivity contribution is 8.00. The fraction of sp³-hybridized carbons (Fsp3) is 0.316. The van der Waals surface area contributed by atoms with Crippen LogP contribution in [-0.2, 0) is 12.8 Å². The maximum atomic E-state index is 13.4. The van der Waals surface area contributed by atoms with Gasteiger partial charge in [-0.25, -0.2) is 4.98 Å². The van der Waals surface area contributed by atoms with E-state index in [4.69, 9.17) is 4.98 Å². The molecule has 2 heterocycles. The van der Waals surface area contributed by atoms with Crippen molar-refractivity contribution in [3.8, 4) is 11.8 Å². The topological polar surface area (TPSA) is 58.7 Å². The normalized spacial score (nSPS) is 14.4. The molecule has 0 saturated carbocycles. The molecule has 3 aromatic rings. The SMILES string of the molecule is Cc1ccc(-n2c(SC(C)C#N)nc3sc4c(c3c2=O)CCC4)cc1. The number of nitriles is 1. The van der Waals surface area contributed by atoms with Gasteiger partial charge in [-0.2, -0.15) is 5.26 Å². The van der Waals surface area contributed by atoms with Crippen LogP contribution in [0, 0.1) is 18.3 Å². The van der Waals surface area contributed by atoms with Gasteiger partial charge in [-0.15, -0.1) is 11.3 Å². The summed E-state index contributed by atoms with van der Waals surface area (Å²) in [5, 5.41) is 10.3. The van der Waals surface area contributed by atoms with E-state index in [2.05, 4.69) is 6.07 Å². The largest absolute Gasteiger partial charge is 0.268 e. The van der Waals surface area contributed by atoms with E-state index in [0.29, 0.717) is 5.16 Å². The number of thiophene rings is 1. The van der Waals surface area contributed by atoms with Gasteiger partial charge < -0.3 is 0 Å². The summed E-state index contributed by atoms with van der Waals surface area (Å²) in [7, 11) is 0. The zero-order chi connectivity index (χ0) is 17.6. The summed E-state index contributed by atoms with van der Waals surface area (Å²) in [5.74, 6) is 0. The molecule has 4 nitrogen and oxygen atoms in total. The van der Waals surface area contributed by atoms with Crippen molar-refractivity contribution in [2.45, 2.75) is 43.5 Å². The van der Waals surface area contributed by atoms with Gasteiger partial charge in [0.2, 0.25) is 0 Å². The lowest BCUT2D eigenvalue weighted by Gasteiger charge is -2.13. The first-order valence-electron chi connectivity index (χ1n) is 8.29. The van der Waals surface area contributed by atoms with Crippen LogP contribution in [0.2, 0.25) is 0 Å². The summed E-state index contributed by atoms with van der Waals surface area (Å²) in [6.07, 6.45) is 3.11. The molecule has 0 saturated heterocycles. The Morgan fingerprint density at radius 3 is 2.80 bits per heavy atom. The van der Waals surface area contributed by atoms with Crippen molar-refractivity contribution in [1.29, 1.82) is 5.26 Å². The van der Waals surface area contributed by atoms with E-state index in [9.17, 15) is 10.1 Å². The Morgan fingerprint density at radius 1 is 1.32 bits per heavy atom. The van der Waals surface area contributed by atoms with Crippen LogP contribution < -0.4 is 5.56 Å². The average Bonchev–Trinajstić information content (AvgIpc) is 3.16. The molecular weight excluding hydrogens is 350 g/mol. The zero-order valence-corrected chi connectivity index (χ0v) is 15.7. The molecule has 25 heavy (non-hydrogen) atoms. The number of aryl methyl sites for hydroxylation is 3. The second-order valence-corrected chi connectivity index (χ2v) is 8.69. The molecule has 0 aliphatic heterocycles. The Morgan fingerprint density at radius 2 is 2.08 bits per heavy atom. The maximum absolute atomic E-state index is 13.4. The predicted octanol–water partition coefficient (Wildman–Crippen LogP) is 4.25. The van der Waals surface area contributed by atoms with Gasteiger partial charge in [0.25, 0.3) is 5.56 Å². The molecule has 0 N–H and O–H groups in total. The number of benzene rings is 1. The van der Waals surface area contributed by atoms with Gasteiger partial charge in [0, 0.05) is 4.88 Å². The molecule has 1 aliphatic rings. The lowest BCUT2D eigenvalue weighted by atomic mass is 10.2. The van der Waals surface area contributed by atoms with E-state index in [1.165, 1.54) is 22.2 Å². The van der Waals surface area contributed by atoms with E-state index in [0.717, 1.165) is 40.7 Å². The highest BCUT2D eigenvalue weighted by atomic mass is 32.2. The molecule has 0 fully saturated rings. The number of fused-ring (bicyclic) bond motifs is 3. The number of thioether (sulfide) groups is 1. The predicted molar refractivity (Wildman–Crippen MR) is 103 cm³/mol. The van der Waals surface area contributed by atoms with E-state index >= 15 is 0 Å². The quantitative estimate of drug-likeness (QED) is 0.513. The van der Waals surface area contributed by atoms with Crippen LogP contribution in [0.5, 0.6) is 0 Å².